The number of furan rings is 1. The summed E-state index contributed by atoms with van der Waals surface area (Å²) in [7, 11) is 0. The molecule has 0 saturated heterocycles. The smallest absolute Gasteiger partial charge is 0.162 e. The lowest BCUT2D eigenvalue weighted by Gasteiger charge is -2.24. The molecule has 1 unspecified atom stereocenters. The molecule has 240 valence electrons. The zero-order valence-electron chi connectivity index (χ0n) is 27.5. The van der Waals surface area contributed by atoms with Crippen molar-refractivity contribution in [1.82, 2.24) is 10.3 Å². The fourth-order valence-corrected chi connectivity index (χ4v) is 7.15. The van der Waals surface area contributed by atoms with Gasteiger partial charge in [0.2, 0.25) is 0 Å². The molecule has 5 heteroatoms. The first-order valence-corrected chi connectivity index (χ1v) is 17.1. The molecule has 0 amide bonds. The summed E-state index contributed by atoms with van der Waals surface area (Å²) in [6.07, 6.45) is -0.324. The largest absolute Gasteiger partial charge is 0.454 e. The minimum atomic E-state index is -0.324. The summed E-state index contributed by atoms with van der Waals surface area (Å²) in [6, 6.07) is 58.7. The summed E-state index contributed by atoms with van der Waals surface area (Å²) >= 11 is 0. The van der Waals surface area contributed by atoms with E-state index in [9.17, 15) is 0 Å². The van der Waals surface area contributed by atoms with Crippen molar-refractivity contribution >= 4 is 55.3 Å². The first-order chi connectivity index (χ1) is 25.2. The number of para-hydroxylation sites is 1. The standard InChI is InChI=1S/C46H30N4O/c1-3-12-29(13-4-1)30-22-24-32(25-23-30)45-48-44(31-14-5-2-6-15-31)49-46(50-45)36-19-11-18-35(26-36)42-43-41(37-20-9-10-21-40(37)51-43)38-27-33-16-7-8-17-34(33)28-39(38)47-42/h1-28,45H,(H,48,49,50). The third-order valence-electron chi connectivity index (χ3n) is 9.69. The average molecular weight is 655 g/mol. The molecule has 0 fully saturated rings. The van der Waals surface area contributed by atoms with E-state index >= 15 is 0 Å². The van der Waals surface area contributed by atoms with Gasteiger partial charge in [0.15, 0.2) is 11.4 Å². The van der Waals surface area contributed by atoms with Gasteiger partial charge in [-0.05, 0) is 51.7 Å². The van der Waals surface area contributed by atoms with Crippen LogP contribution in [0.4, 0.5) is 0 Å². The van der Waals surface area contributed by atoms with Crippen molar-refractivity contribution in [3.05, 3.63) is 187 Å². The van der Waals surface area contributed by atoms with Crippen molar-refractivity contribution < 1.29 is 4.42 Å². The van der Waals surface area contributed by atoms with Gasteiger partial charge in [0.05, 0.1) is 5.52 Å². The molecule has 0 aliphatic carbocycles. The van der Waals surface area contributed by atoms with Crippen LogP contribution in [0.15, 0.2) is 184 Å². The molecule has 10 rings (SSSR count). The Balaban J connectivity index is 1.10. The number of rotatable bonds is 5. The van der Waals surface area contributed by atoms with Gasteiger partial charge in [-0.15, -0.1) is 0 Å². The Morgan fingerprint density at radius 1 is 0.510 bits per heavy atom. The van der Waals surface area contributed by atoms with Crippen LogP contribution in [-0.2, 0) is 0 Å². The molecule has 0 saturated carbocycles. The second-order valence-electron chi connectivity index (χ2n) is 12.9. The fraction of sp³-hybridized carbons (Fsp3) is 0.0217. The highest BCUT2D eigenvalue weighted by Gasteiger charge is 2.23. The number of hydrogen-bond donors (Lipinski definition) is 1. The maximum atomic E-state index is 6.61. The third-order valence-corrected chi connectivity index (χ3v) is 9.69. The van der Waals surface area contributed by atoms with Crippen molar-refractivity contribution in [2.24, 2.45) is 9.98 Å². The van der Waals surface area contributed by atoms with Gasteiger partial charge < -0.3 is 9.73 Å². The lowest BCUT2D eigenvalue weighted by molar-refractivity contribution is 0.668. The van der Waals surface area contributed by atoms with Gasteiger partial charge in [0.25, 0.3) is 0 Å². The van der Waals surface area contributed by atoms with Gasteiger partial charge in [-0.2, -0.15) is 0 Å². The molecule has 0 radical (unpaired) electrons. The van der Waals surface area contributed by atoms with Gasteiger partial charge in [0, 0.05) is 32.8 Å². The zero-order valence-corrected chi connectivity index (χ0v) is 27.5. The summed E-state index contributed by atoms with van der Waals surface area (Å²) < 4.78 is 6.61. The van der Waals surface area contributed by atoms with Gasteiger partial charge in [0.1, 0.15) is 23.3 Å². The van der Waals surface area contributed by atoms with Crippen LogP contribution in [0.5, 0.6) is 0 Å². The molecule has 1 atom stereocenters. The minimum Gasteiger partial charge on any atom is -0.454 e. The van der Waals surface area contributed by atoms with Crippen LogP contribution in [0, 0.1) is 0 Å². The molecule has 2 aromatic heterocycles. The summed E-state index contributed by atoms with van der Waals surface area (Å²) in [6.45, 7) is 0. The van der Waals surface area contributed by atoms with Crippen molar-refractivity contribution in [3.8, 4) is 22.4 Å². The molecule has 3 heterocycles. The predicted octanol–water partition coefficient (Wildman–Crippen LogP) is 11.1. The molecule has 1 aliphatic heterocycles. The molecular weight excluding hydrogens is 625 g/mol. The number of aliphatic imine (C=N–C) groups is 2. The van der Waals surface area contributed by atoms with E-state index < -0.39 is 0 Å². The highest BCUT2D eigenvalue weighted by molar-refractivity contribution is 6.22. The molecule has 9 aromatic rings. The van der Waals surface area contributed by atoms with E-state index in [2.05, 4.69) is 139 Å². The molecular formula is C46H30N4O. The molecule has 0 spiro atoms. The van der Waals surface area contributed by atoms with Crippen LogP contribution >= 0.6 is 0 Å². The Kier molecular flexibility index (Phi) is 6.81. The van der Waals surface area contributed by atoms with Crippen LogP contribution < -0.4 is 5.32 Å². The average Bonchev–Trinajstić information content (AvgIpc) is 3.60. The first kappa shape index (κ1) is 29.1. The van der Waals surface area contributed by atoms with Gasteiger partial charge in [-0.3, -0.25) is 0 Å². The number of fused-ring (bicyclic) bond motifs is 6. The Hall–Kier alpha value is -6.85. The van der Waals surface area contributed by atoms with Crippen LogP contribution in [0.25, 0.3) is 66.0 Å². The van der Waals surface area contributed by atoms with Gasteiger partial charge in [-0.25, -0.2) is 15.0 Å². The molecule has 0 bridgehead atoms. The number of amidine groups is 2. The number of aromatic nitrogens is 1. The Morgan fingerprint density at radius 3 is 1.96 bits per heavy atom. The lowest BCUT2D eigenvalue weighted by Crippen LogP contribution is -2.33. The monoisotopic (exact) mass is 654 g/mol. The number of pyridine rings is 1. The Bertz CT molecular complexity index is 2820. The SMILES string of the molecule is c1ccc(C2=NC(c3ccc(-c4ccccc4)cc3)NC(c3cccc(-c4nc5cc6ccccc6cc5c5c4oc4ccccc45)c3)=N2)cc1. The quantitative estimate of drug-likeness (QED) is 0.188. The van der Waals surface area contributed by atoms with Crippen LogP contribution in [0.3, 0.4) is 0 Å². The normalized spacial score (nSPS) is 14.5. The lowest BCUT2D eigenvalue weighted by atomic mass is 9.99. The minimum absolute atomic E-state index is 0.324. The van der Waals surface area contributed by atoms with E-state index in [0.29, 0.717) is 5.84 Å². The van der Waals surface area contributed by atoms with Crippen molar-refractivity contribution in [2.75, 3.05) is 0 Å². The van der Waals surface area contributed by atoms with Crippen molar-refractivity contribution in [1.29, 1.82) is 0 Å². The van der Waals surface area contributed by atoms with E-state index in [1.165, 1.54) is 10.9 Å². The van der Waals surface area contributed by atoms with Crippen LogP contribution in [-0.4, -0.2) is 16.7 Å². The zero-order chi connectivity index (χ0) is 33.7. The summed E-state index contributed by atoms with van der Waals surface area (Å²) in [5, 5.41) is 9.22. The van der Waals surface area contributed by atoms with E-state index in [1.54, 1.807) is 0 Å². The molecule has 7 aromatic carbocycles. The van der Waals surface area contributed by atoms with E-state index in [1.807, 2.05) is 36.4 Å². The fourth-order valence-electron chi connectivity index (χ4n) is 7.15. The van der Waals surface area contributed by atoms with Crippen LogP contribution in [0.2, 0.25) is 0 Å². The second-order valence-corrected chi connectivity index (χ2v) is 12.9. The number of hydrogen-bond acceptors (Lipinski definition) is 5. The Morgan fingerprint density at radius 2 is 1.16 bits per heavy atom. The topological polar surface area (TPSA) is 62.8 Å². The van der Waals surface area contributed by atoms with Crippen molar-refractivity contribution in [2.45, 2.75) is 6.17 Å². The van der Waals surface area contributed by atoms with Gasteiger partial charge in [-0.1, -0.05) is 146 Å². The number of nitrogens with one attached hydrogen (secondary N) is 1. The number of benzene rings is 7. The highest BCUT2D eigenvalue weighted by Crippen LogP contribution is 2.40. The van der Waals surface area contributed by atoms with Gasteiger partial charge >= 0.3 is 0 Å². The van der Waals surface area contributed by atoms with E-state index in [-0.39, 0.29) is 6.17 Å². The summed E-state index contributed by atoms with van der Waals surface area (Å²) in [5.74, 6) is 1.43. The highest BCUT2D eigenvalue weighted by atomic mass is 16.3. The summed E-state index contributed by atoms with van der Waals surface area (Å²) in [5.41, 5.74) is 9.60. The summed E-state index contributed by atoms with van der Waals surface area (Å²) in [4.78, 5) is 15.5. The third kappa shape index (κ3) is 5.15. The Labute approximate surface area is 294 Å². The second kappa shape index (κ2) is 11.9. The molecule has 1 aliphatic rings. The molecule has 5 nitrogen and oxygen atoms in total. The van der Waals surface area contributed by atoms with E-state index in [0.717, 1.165) is 77.6 Å². The first-order valence-electron chi connectivity index (χ1n) is 17.1. The van der Waals surface area contributed by atoms with Crippen molar-refractivity contribution in [3.63, 3.8) is 0 Å². The maximum Gasteiger partial charge on any atom is 0.162 e. The number of nitrogens with zero attached hydrogens (tertiary/aromatic N) is 3. The molecule has 51 heavy (non-hydrogen) atoms. The maximum absolute atomic E-state index is 6.61. The molecule has 1 N–H and O–H groups in total. The van der Waals surface area contributed by atoms with E-state index in [4.69, 9.17) is 19.4 Å². The predicted molar refractivity (Wildman–Crippen MR) is 209 cm³/mol. The van der Waals surface area contributed by atoms with Crippen LogP contribution in [0.1, 0.15) is 22.9 Å².